The molecule has 1 fully saturated rings. The monoisotopic (exact) mass is 367 g/mol. The van der Waals surface area contributed by atoms with E-state index in [2.05, 4.69) is 22.1 Å². The number of fused-ring (bicyclic) bond motifs is 1. The second-order valence-corrected chi connectivity index (χ2v) is 7.24. The van der Waals surface area contributed by atoms with Crippen molar-refractivity contribution in [3.63, 3.8) is 0 Å². The highest BCUT2D eigenvalue weighted by Crippen LogP contribution is 2.39. The maximum atomic E-state index is 12.9. The van der Waals surface area contributed by atoms with Crippen LogP contribution in [0.4, 0.5) is 23.1 Å². The van der Waals surface area contributed by atoms with Gasteiger partial charge in [-0.1, -0.05) is 19.8 Å². The Bertz CT molecular complexity index is 833. The van der Waals surface area contributed by atoms with E-state index >= 15 is 0 Å². The number of carbonyl (C=O) groups is 1. The van der Waals surface area contributed by atoms with Gasteiger partial charge >= 0.3 is 0 Å². The Labute approximate surface area is 159 Å². The molecule has 7 heteroatoms. The molecule has 1 saturated carbocycles. The molecule has 4 rings (SSSR count). The summed E-state index contributed by atoms with van der Waals surface area (Å²) in [5, 5.41) is 12.6. The number of nitrogens with zero attached hydrogens (tertiary/aromatic N) is 4. The highest BCUT2D eigenvalue weighted by atomic mass is 16.3. The lowest BCUT2D eigenvalue weighted by atomic mass is 10.0. The van der Waals surface area contributed by atoms with Crippen molar-refractivity contribution in [1.29, 1.82) is 0 Å². The number of carbonyl (C=O) groups excluding carboxylic acids is 1. The summed E-state index contributed by atoms with van der Waals surface area (Å²) in [4.78, 5) is 26.0. The highest BCUT2D eigenvalue weighted by Gasteiger charge is 2.41. The minimum atomic E-state index is -0.179. The summed E-state index contributed by atoms with van der Waals surface area (Å²) in [6, 6.07) is 6.95. The van der Waals surface area contributed by atoms with Gasteiger partial charge in [-0.2, -0.15) is 4.98 Å². The third kappa shape index (κ3) is 3.18. The Morgan fingerprint density at radius 3 is 2.59 bits per heavy atom. The number of likely N-dealkylation sites (N-methyl/N-ethyl adjacent to an activating group) is 1. The second-order valence-electron chi connectivity index (χ2n) is 7.24. The number of phenolic OH excluding ortho intramolecular Hbond substituents is 1. The SMILES string of the molecule is CCC1C(=O)N(C)c2cnc(Nc3ccc(O)cc3)nc2N1C1CCCC1. The van der Waals surface area contributed by atoms with Gasteiger partial charge in [-0.05, 0) is 43.5 Å². The fourth-order valence-electron chi connectivity index (χ4n) is 4.12. The summed E-state index contributed by atoms with van der Waals surface area (Å²) in [5.41, 5.74) is 1.56. The van der Waals surface area contributed by atoms with Gasteiger partial charge < -0.3 is 20.2 Å². The zero-order chi connectivity index (χ0) is 19.0. The first-order chi connectivity index (χ1) is 13.1. The first-order valence-corrected chi connectivity index (χ1v) is 9.57. The quantitative estimate of drug-likeness (QED) is 0.806. The number of nitrogens with one attached hydrogen (secondary N) is 1. The maximum absolute atomic E-state index is 12.9. The third-order valence-electron chi connectivity index (χ3n) is 5.54. The second kappa shape index (κ2) is 7.06. The van der Waals surface area contributed by atoms with E-state index in [0.29, 0.717) is 12.0 Å². The number of hydrogen-bond acceptors (Lipinski definition) is 6. The number of hydrogen-bond donors (Lipinski definition) is 2. The summed E-state index contributed by atoms with van der Waals surface area (Å²) in [6.45, 7) is 2.06. The van der Waals surface area contributed by atoms with Crippen LogP contribution >= 0.6 is 0 Å². The summed E-state index contributed by atoms with van der Waals surface area (Å²) in [5.74, 6) is 1.64. The number of aromatic hydroxyl groups is 1. The van der Waals surface area contributed by atoms with Crippen molar-refractivity contribution in [2.75, 3.05) is 22.2 Å². The lowest BCUT2D eigenvalue weighted by Crippen LogP contribution is -2.55. The first-order valence-electron chi connectivity index (χ1n) is 9.57. The number of rotatable bonds is 4. The number of anilines is 4. The van der Waals surface area contributed by atoms with Crippen molar-refractivity contribution in [1.82, 2.24) is 9.97 Å². The molecular weight excluding hydrogens is 342 g/mol. The van der Waals surface area contributed by atoms with Gasteiger partial charge in [0.05, 0.1) is 6.20 Å². The molecule has 142 valence electrons. The van der Waals surface area contributed by atoms with Gasteiger partial charge in [0.25, 0.3) is 0 Å². The average Bonchev–Trinajstić information content (AvgIpc) is 3.20. The summed E-state index contributed by atoms with van der Waals surface area (Å²) in [7, 11) is 1.80. The van der Waals surface area contributed by atoms with Crippen LogP contribution in [-0.4, -0.2) is 40.1 Å². The van der Waals surface area contributed by atoms with Crippen molar-refractivity contribution in [2.45, 2.75) is 51.1 Å². The van der Waals surface area contributed by atoms with Gasteiger partial charge in [0.1, 0.15) is 17.5 Å². The van der Waals surface area contributed by atoms with E-state index < -0.39 is 0 Å². The predicted octanol–water partition coefficient (Wildman–Crippen LogP) is 3.43. The van der Waals surface area contributed by atoms with Gasteiger partial charge in [-0.15, -0.1) is 0 Å². The minimum Gasteiger partial charge on any atom is -0.508 e. The van der Waals surface area contributed by atoms with E-state index in [0.717, 1.165) is 36.5 Å². The Morgan fingerprint density at radius 2 is 1.93 bits per heavy atom. The zero-order valence-corrected chi connectivity index (χ0v) is 15.7. The molecule has 1 aromatic heterocycles. The van der Waals surface area contributed by atoms with Gasteiger partial charge in [0.2, 0.25) is 11.9 Å². The number of amides is 1. The highest BCUT2D eigenvalue weighted by molar-refractivity contribution is 6.04. The van der Waals surface area contributed by atoms with Gasteiger partial charge in [-0.3, -0.25) is 4.79 Å². The molecule has 2 N–H and O–H groups in total. The molecule has 0 saturated heterocycles. The van der Waals surface area contributed by atoms with Crippen molar-refractivity contribution < 1.29 is 9.90 Å². The molecule has 1 amide bonds. The predicted molar refractivity (Wildman–Crippen MR) is 106 cm³/mol. The van der Waals surface area contributed by atoms with Crippen molar-refractivity contribution in [2.24, 2.45) is 0 Å². The molecule has 1 unspecified atom stereocenters. The molecule has 2 aromatic rings. The van der Waals surface area contributed by atoms with Crippen LogP contribution in [0.3, 0.4) is 0 Å². The summed E-state index contributed by atoms with van der Waals surface area (Å²) < 4.78 is 0. The molecular formula is C20H25N5O2. The maximum Gasteiger partial charge on any atom is 0.249 e. The van der Waals surface area contributed by atoms with Crippen LogP contribution in [0.2, 0.25) is 0 Å². The molecule has 2 aliphatic rings. The molecule has 2 heterocycles. The lowest BCUT2D eigenvalue weighted by molar-refractivity contribution is -0.120. The first kappa shape index (κ1) is 17.6. The van der Waals surface area contributed by atoms with Crippen molar-refractivity contribution in [3.8, 4) is 5.75 Å². The van der Waals surface area contributed by atoms with Crippen molar-refractivity contribution in [3.05, 3.63) is 30.5 Å². The van der Waals surface area contributed by atoms with Gasteiger partial charge in [0, 0.05) is 18.8 Å². The molecule has 0 radical (unpaired) electrons. The normalized spacial score (nSPS) is 20.1. The Hall–Kier alpha value is -2.83. The topological polar surface area (TPSA) is 81.6 Å². The van der Waals surface area contributed by atoms with Crippen molar-refractivity contribution >= 4 is 29.0 Å². The van der Waals surface area contributed by atoms with Crippen LogP contribution < -0.4 is 15.1 Å². The largest absolute Gasteiger partial charge is 0.508 e. The van der Waals surface area contributed by atoms with Crippen LogP contribution in [-0.2, 0) is 4.79 Å². The molecule has 1 aromatic carbocycles. The van der Waals surface area contributed by atoms with Gasteiger partial charge in [-0.25, -0.2) is 4.98 Å². The van der Waals surface area contributed by atoms with E-state index in [4.69, 9.17) is 4.98 Å². The van der Waals surface area contributed by atoms with E-state index in [9.17, 15) is 9.90 Å². The molecule has 0 bridgehead atoms. The van der Waals surface area contributed by atoms with E-state index in [1.165, 1.54) is 12.8 Å². The molecule has 1 aliphatic carbocycles. The summed E-state index contributed by atoms with van der Waals surface area (Å²) >= 11 is 0. The molecule has 1 aliphatic heterocycles. The molecule has 7 nitrogen and oxygen atoms in total. The summed E-state index contributed by atoms with van der Waals surface area (Å²) in [6.07, 6.45) is 7.05. The number of aromatic nitrogens is 2. The molecule has 27 heavy (non-hydrogen) atoms. The molecule has 1 atom stereocenters. The fourth-order valence-corrected chi connectivity index (χ4v) is 4.12. The third-order valence-corrected chi connectivity index (χ3v) is 5.54. The molecule has 0 spiro atoms. The Kier molecular flexibility index (Phi) is 4.59. The number of phenols is 1. The van der Waals surface area contributed by atoms with E-state index in [1.807, 2.05) is 0 Å². The fraction of sp³-hybridized carbons (Fsp3) is 0.450. The van der Waals surface area contributed by atoms with E-state index in [-0.39, 0.29) is 17.7 Å². The van der Waals surface area contributed by atoms with Crippen LogP contribution in [0.1, 0.15) is 39.0 Å². The van der Waals surface area contributed by atoms with Crippen LogP contribution in [0, 0.1) is 0 Å². The van der Waals surface area contributed by atoms with Gasteiger partial charge in [0.15, 0.2) is 5.82 Å². The standard InChI is InChI=1S/C20H25N5O2/c1-3-16-19(27)24(2)17-12-21-20(22-13-8-10-15(26)11-9-13)23-18(17)25(16)14-6-4-5-7-14/h8-12,14,16,26H,3-7H2,1-2H3,(H,21,22,23). The van der Waals surface area contributed by atoms with Crippen LogP contribution in [0.25, 0.3) is 0 Å². The average molecular weight is 367 g/mol. The number of benzene rings is 1. The lowest BCUT2D eigenvalue weighted by Gasteiger charge is -2.43. The zero-order valence-electron chi connectivity index (χ0n) is 15.7. The Morgan fingerprint density at radius 1 is 1.22 bits per heavy atom. The minimum absolute atomic E-state index is 0.111. The van der Waals surface area contributed by atoms with E-state index in [1.54, 1.807) is 42.4 Å². The van der Waals surface area contributed by atoms with Crippen LogP contribution in [0.15, 0.2) is 30.5 Å². The smallest absolute Gasteiger partial charge is 0.249 e. The Balaban J connectivity index is 1.72. The van der Waals surface area contributed by atoms with Crippen LogP contribution in [0.5, 0.6) is 5.75 Å².